The van der Waals surface area contributed by atoms with Crippen LogP contribution in [0, 0.1) is 0 Å². The van der Waals surface area contributed by atoms with E-state index < -0.39 is 11.9 Å². The molecule has 98 valence electrons. The quantitative estimate of drug-likeness (QED) is 0.787. The van der Waals surface area contributed by atoms with Gasteiger partial charge in [-0.15, -0.1) is 0 Å². The number of hydrogen-bond donors (Lipinski definition) is 1. The first-order valence-corrected chi connectivity index (χ1v) is 6.39. The fraction of sp³-hybridized carbons (Fsp3) is 0.0588. The van der Waals surface area contributed by atoms with Crippen LogP contribution in [0.1, 0.15) is 17.0 Å². The van der Waals surface area contributed by atoms with Gasteiger partial charge in [-0.2, -0.15) is 0 Å². The predicted molar refractivity (Wildman–Crippen MR) is 77.7 cm³/mol. The predicted octanol–water partition coefficient (Wildman–Crippen LogP) is 3.45. The van der Waals surface area contributed by atoms with Crippen LogP contribution < -0.4 is 0 Å². The van der Waals surface area contributed by atoms with Crippen LogP contribution in [-0.2, 0) is 4.79 Å². The lowest BCUT2D eigenvalue weighted by Crippen LogP contribution is -2.13. The average Bonchev–Trinajstić information content (AvgIpc) is 2.48. The van der Waals surface area contributed by atoms with Crippen molar-refractivity contribution in [3.05, 3.63) is 78.0 Å². The second-order valence-electron chi connectivity index (χ2n) is 4.60. The Morgan fingerprint density at radius 2 is 1.65 bits per heavy atom. The van der Waals surface area contributed by atoms with Crippen molar-refractivity contribution < 1.29 is 9.90 Å². The SMILES string of the molecule is O=C(O)C(c1ccccc1)c1ccnc2ccccc12. The van der Waals surface area contributed by atoms with Crippen molar-refractivity contribution in [3.63, 3.8) is 0 Å². The molecule has 0 aliphatic carbocycles. The molecule has 20 heavy (non-hydrogen) atoms. The number of aromatic nitrogens is 1. The maximum absolute atomic E-state index is 11.7. The van der Waals surface area contributed by atoms with E-state index in [1.807, 2.05) is 54.6 Å². The third-order valence-electron chi connectivity index (χ3n) is 3.37. The van der Waals surface area contributed by atoms with E-state index in [0.29, 0.717) is 0 Å². The van der Waals surface area contributed by atoms with E-state index in [0.717, 1.165) is 22.0 Å². The minimum absolute atomic E-state index is 0.677. The summed E-state index contributed by atoms with van der Waals surface area (Å²) in [6.07, 6.45) is 1.66. The minimum atomic E-state index is -0.854. The molecular weight excluding hydrogens is 250 g/mol. The van der Waals surface area contributed by atoms with Crippen molar-refractivity contribution in [2.45, 2.75) is 5.92 Å². The van der Waals surface area contributed by atoms with Crippen LogP contribution in [0.25, 0.3) is 10.9 Å². The van der Waals surface area contributed by atoms with Gasteiger partial charge in [0.2, 0.25) is 0 Å². The van der Waals surface area contributed by atoms with Gasteiger partial charge >= 0.3 is 5.97 Å². The van der Waals surface area contributed by atoms with E-state index in [4.69, 9.17) is 0 Å². The molecule has 0 spiro atoms. The maximum Gasteiger partial charge on any atom is 0.315 e. The van der Waals surface area contributed by atoms with Gasteiger partial charge in [0, 0.05) is 11.6 Å². The molecule has 3 rings (SSSR count). The van der Waals surface area contributed by atoms with E-state index >= 15 is 0 Å². The van der Waals surface area contributed by atoms with Crippen molar-refractivity contribution in [2.24, 2.45) is 0 Å². The van der Waals surface area contributed by atoms with Crippen LogP contribution in [0.5, 0.6) is 0 Å². The Labute approximate surface area is 116 Å². The van der Waals surface area contributed by atoms with Crippen molar-refractivity contribution in [1.82, 2.24) is 4.98 Å². The van der Waals surface area contributed by atoms with Crippen molar-refractivity contribution in [3.8, 4) is 0 Å². The van der Waals surface area contributed by atoms with Gasteiger partial charge in [0.05, 0.1) is 5.52 Å². The molecule has 3 heteroatoms. The van der Waals surface area contributed by atoms with Gasteiger partial charge in [-0.05, 0) is 23.3 Å². The molecule has 1 aromatic heterocycles. The second kappa shape index (κ2) is 5.13. The number of aliphatic carboxylic acids is 1. The summed E-state index contributed by atoms with van der Waals surface area (Å²) in [6, 6.07) is 18.7. The Hall–Kier alpha value is -2.68. The molecular formula is C17H13NO2. The van der Waals surface area contributed by atoms with E-state index in [-0.39, 0.29) is 0 Å². The lowest BCUT2D eigenvalue weighted by Gasteiger charge is -2.15. The number of nitrogens with zero attached hydrogens (tertiary/aromatic N) is 1. The Kier molecular flexibility index (Phi) is 3.17. The van der Waals surface area contributed by atoms with Gasteiger partial charge in [0.15, 0.2) is 0 Å². The van der Waals surface area contributed by atoms with E-state index in [1.165, 1.54) is 0 Å². The summed E-state index contributed by atoms with van der Waals surface area (Å²) in [5.74, 6) is -1.53. The molecule has 3 aromatic rings. The van der Waals surface area contributed by atoms with E-state index in [9.17, 15) is 9.90 Å². The summed E-state index contributed by atoms with van der Waals surface area (Å²) in [5.41, 5.74) is 2.36. The summed E-state index contributed by atoms with van der Waals surface area (Å²) < 4.78 is 0. The van der Waals surface area contributed by atoms with Gasteiger partial charge in [0.1, 0.15) is 5.92 Å². The summed E-state index contributed by atoms with van der Waals surface area (Å²) in [4.78, 5) is 16.0. The largest absolute Gasteiger partial charge is 0.481 e. The maximum atomic E-state index is 11.7. The number of rotatable bonds is 3. The van der Waals surface area contributed by atoms with Gasteiger partial charge in [-0.3, -0.25) is 9.78 Å². The molecule has 0 aliphatic heterocycles. The highest BCUT2D eigenvalue weighted by atomic mass is 16.4. The highest BCUT2D eigenvalue weighted by Gasteiger charge is 2.23. The fourth-order valence-electron chi connectivity index (χ4n) is 2.47. The normalized spacial score (nSPS) is 12.2. The van der Waals surface area contributed by atoms with Crippen LogP contribution >= 0.6 is 0 Å². The third kappa shape index (κ3) is 2.14. The zero-order valence-corrected chi connectivity index (χ0v) is 10.7. The summed E-state index contributed by atoms with van der Waals surface area (Å²) in [7, 11) is 0. The highest BCUT2D eigenvalue weighted by Crippen LogP contribution is 2.30. The van der Waals surface area contributed by atoms with Crippen LogP contribution in [0.3, 0.4) is 0 Å². The summed E-state index contributed by atoms with van der Waals surface area (Å²) in [6.45, 7) is 0. The van der Waals surface area contributed by atoms with Crippen LogP contribution in [0.2, 0.25) is 0 Å². The van der Waals surface area contributed by atoms with Crippen LogP contribution in [-0.4, -0.2) is 16.1 Å². The van der Waals surface area contributed by atoms with Gasteiger partial charge in [-0.25, -0.2) is 0 Å². The molecule has 2 aromatic carbocycles. The van der Waals surface area contributed by atoms with Crippen molar-refractivity contribution >= 4 is 16.9 Å². The zero-order chi connectivity index (χ0) is 13.9. The monoisotopic (exact) mass is 263 g/mol. The molecule has 0 aliphatic rings. The summed E-state index contributed by atoms with van der Waals surface area (Å²) >= 11 is 0. The number of benzene rings is 2. The second-order valence-corrected chi connectivity index (χ2v) is 4.60. The van der Waals surface area contributed by atoms with Gasteiger partial charge < -0.3 is 5.11 Å². The molecule has 1 N–H and O–H groups in total. The standard InChI is InChI=1S/C17H13NO2/c19-17(20)16(12-6-2-1-3-7-12)14-10-11-18-15-9-5-4-8-13(14)15/h1-11,16H,(H,19,20). The third-order valence-corrected chi connectivity index (χ3v) is 3.37. The molecule has 0 saturated heterocycles. The fourth-order valence-corrected chi connectivity index (χ4v) is 2.47. The minimum Gasteiger partial charge on any atom is -0.481 e. The molecule has 0 bridgehead atoms. The topological polar surface area (TPSA) is 50.2 Å². The Morgan fingerprint density at radius 1 is 0.950 bits per heavy atom. The number of carbonyl (C=O) groups is 1. The average molecular weight is 263 g/mol. The van der Waals surface area contributed by atoms with E-state index in [1.54, 1.807) is 12.3 Å². The van der Waals surface area contributed by atoms with Crippen LogP contribution in [0.4, 0.5) is 0 Å². The first-order chi connectivity index (χ1) is 9.77. The van der Waals surface area contributed by atoms with Crippen molar-refractivity contribution in [1.29, 1.82) is 0 Å². The number of pyridine rings is 1. The molecule has 3 nitrogen and oxygen atoms in total. The Morgan fingerprint density at radius 3 is 2.40 bits per heavy atom. The first kappa shape index (κ1) is 12.4. The number of fused-ring (bicyclic) bond motifs is 1. The molecule has 1 heterocycles. The zero-order valence-electron chi connectivity index (χ0n) is 10.7. The van der Waals surface area contributed by atoms with Crippen LogP contribution in [0.15, 0.2) is 66.9 Å². The smallest absolute Gasteiger partial charge is 0.315 e. The number of carboxylic acids is 1. The molecule has 0 saturated carbocycles. The lowest BCUT2D eigenvalue weighted by molar-refractivity contribution is -0.137. The first-order valence-electron chi connectivity index (χ1n) is 6.39. The Balaban J connectivity index is 2.23. The molecule has 1 unspecified atom stereocenters. The van der Waals surface area contributed by atoms with E-state index in [2.05, 4.69) is 4.98 Å². The molecule has 0 fully saturated rings. The lowest BCUT2D eigenvalue weighted by atomic mass is 9.89. The Bertz CT molecular complexity index is 748. The number of para-hydroxylation sites is 1. The molecule has 0 radical (unpaired) electrons. The number of carboxylic acid groups (broad SMARTS) is 1. The van der Waals surface area contributed by atoms with Gasteiger partial charge in [0.25, 0.3) is 0 Å². The molecule has 1 atom stereocenters. The van der Waals surface area contributed by atoms with Crippen molar-refractivity contribution in [2.75, 3.05) is 0 Å². The number of hydrogen-bond acceptors (Lipinski definition) is 2. The van der Waals surface area contributed by atoms with Gasteiger partial charge in [-0.1, -0.05) is 48.5 Å². The summed E-state index contributed by atoms with van der Waals surface area (Å²) in [5, 5.41) is 10.5. The molecule has 0 amide bonds. The highest BCUT2D eigenvalue weighted by molar-refractivity contribution is 5.90.